The van der Waals surface area contributed by atoms with Gasteiger partial charge in [0, 0.05) is 0 Å². The number of aromatic nitrogens is 2. The summed E-state index contributed by atoms with van der Waals surface area (Å²) in [6, 6.07) is 0. The zero-order valence-electron chi connectivity index (χ0n) is 13.8. The summed E-state index contributed by atoms with van der Waals surface area (Å²) in [7, 11) is 0. The number of halogens is 1. The maximum Gasteiger partial charge on any atom is 0.351 e. The van der Waals surface area contributed by atoms with Crippen molar-refractivity contribution in [2.75, 3.05) is 12.3 Å². The molecule has 1 aromatic rings. The normalized spacial score (nSPS) is 19.0. The summed E-state index contributed by atoms with van der Waals surface area (Å²) in [5.41, 5.74) is 4.51. The highest BCUT2D eigenvalue weighted by molar-refractivity contribution is 5.68. The predicted octanol–water partition coefficient (Wildman–Crippen LogP) is 1.16. The minimum atomic E-state index is -0.754. The molecule has 0 aromatic carbocycles. The van der Waals surface area contributed by atoms with Gasteiger partial charge in [0.25, 0.3) is 0 Å². The van der Waals surface area contributed by atoms with E-state index >= 15 is 0 Å². The zero-order chi connectivity index (χ0) is 18.9. The molecule has 1 fully saturated rings. The second-order valence-corrected chi connectivity index (χ2v) is 5.13. The van der Waals surface area contributed by atoms with Crippen LogP contribution in [0.15, 0.2) is 24.1 Å². The Morgan fingerprint density at radius 3 is 2.50 bits per heavy atom. The Kier molecular flexibility index (Phi) is 9.51. The van der Waals surface area contributed by atoms with Gasteiger partial charge in [-0.15, -0.1) is 13.2 Å². The van der Waals surface area contributed by atoms with E-state index in [2.05, 4.69) is 18.1 Å². The molecule has 9 heteroatoms. The van der Waals surface area contributed by atoms with Crippen molar-refractivity contribution in [1.29, 1.82) is 0 Å². The number of carboxylic acid groups (broad SMARTS) is 1. The summed E-state index contributed by atoms with van der Waals surface area (Å²) in [5, 5.41) is 16.9. The molecule has 24 heavy (non-hydrogen) atoms. The highest BCUT2D eigenvalue weighted by Gasteiger charge is 2.27. The maximum atomic E-state index is 13.1. The van der Waals surface area contributed by atoms with Crippen LogP contribution in [0.4, 0.5) is 10.2 Å². The number of ether oxygens (including phenoxy) is 1. The van der Waals surface area contributed by atoms with E-state index in [-0.39, 0.29) is 18.6 Å². The number of aliphatic hydroxyl groups is 1. The van der Waals surface area contributed by atoms with E-state index in [0.717, 1.165) is 10.8 Å². The Balaban J connectivity index is 0.000000563. The molecule has 1 saturated heterocycles. The van der Waals surface area contributed by atoms with Gasteiger partial charge in [-0.2, -0.15) is 4.98 Å². The fraction of sp³-hybridized carbons (Fsp3) is 0.533. The van der Waals surface area contributed by atoms with Crippen LogP contribution in [-0.2, 0) is 9.53 Å². The van der Waals surface area contributed by atoms with Crippen molar-refractivity contribution >= 4 is 11.8 Å². The average molecular weight is 345 g/mol. The molecule has 8 nitrogen and oxygen atoms in total. The number of carboxylic acids is 1. The van der Waals surface area contributed by atoms with Crippen LogP contribution >= 0.6 is 0 Å². The Morgan fingerprint density at radius 1 is 1.54 bits per heavy atom. The number of rotatable bonds is 3. The van der Waals surface area contributed by atoms with E-state index in [9.17, 15) is 14.0 Å². The summed E-state index contributed by atoms with van der Waals surface area (Å²) >= 11 is 0. The fourth-order valence-electron chi connectivity index (χ4n) is 1.69. The third kappa shape index (κ3) is 6.47. The van der Waals surface area contributed by atoms with E-state index in [1.54, 1.807) is 13.8 Å². The lowest BCUT2D eigenvalue weighted by atomic mass is 10.2. The molecular weight excluding hydrogens is 321 g/mol. The van der Waals surface area contributed by atoms with Gasteiger partial charge in [0.2, 0.25) is 0 Å². The van der Waals surface area contributed by atoms with Crippen molar-refractivity contribution in [3.05, 3.63) is 35.7 Å². The summed E-state index contributed by atoms with van der Waals surface area (Å²) < 4.78 is 19.5. The standard InChI is InChI=1S/C9H12FN3O3.C4H8O2.C2H4/c10-6-3-13(9(15)12-8(6)11)7-2-1-5(4-14)16-7;1-3(2)4(5)6;1-2/h3,5,7,14H,1-2,4H2,(H2,11,12,15);3H,1-2H3,(H,5,6);1-2H2. The third-order valence-corrected chi connectivity index (χ3v) is 3.03. The van der Waals surface area contributed by atoms with E-state index < -0.39 is 29.5 Å². The second-order valence-electron chi connectivity index (χ2n) is 5.13. The smallest absolute Gasteiger partial charge is 0.351 e. The molecule has 0 aliphatic carbocycles. The van der Waals surface area contributed by atoms with Crippen molar-refractivity contribution in [2.24, 2.45) is 5.92 Å². The Hall–Kier alpha value is -2.26. The molecule has 136 valence electrons. The summed E-state index contributed by atoms with van der Waals surface area (Å²) in [6.07, 6.45) is 1.26. The number of carbonyl (C=O) groups is 1. The minimum absolute atomic E-state index is 0.115. The van der Waals surface area contributed by atoms with Crippen LogP contribution in [0.1, 0.15) is 32.9 Å². The van der Waals surface area contributed by atoms with Crippen LogP contribution in [0.2, 0.25) is 0 Å². The molecule has 2 rings (SSSR count). The Bertz CT molecular complexity index is 591. The van der Waals surface area contributed by atoms with Gasteiger partial charge in [0.05, 0.1) is 24.8 Å². The van der Waals surface area contributed by atoms with Crippen LogP contribution in [0.3, 0.4) is 0 Å². The minimum Gasteiger partial charge on any atom is -0.481 e. The molecule has 0 spiro atoms. The summed E-state index contributed by atoms with van der Waals surface area (Å²) in [5.74, 6) is -2.14. The van der Waals surface area contributed by atoms with Gasteiger partial charge in [0.1, 0.15) is 6.23 Å². The molecule has 2 heterocycles. The third-order valence-electron chi connectivity index (χ3n) is 3.03. The number of hydrogen-bond donors (Lipinski definition) is 3. The van der Waals surface area contributed by atoms with Crippen LogP contribution in [0.25, 0.3) is 0 Å². The number of aliphatic carboxylic acids is 1. The van der Waals surface area contributed by atoms with Crippen molar-refractivity contribution in [2.45, 2.75) is 39.0 Å². The predicted molar refractivity (Wildman–Crippen MR) is 86.8 cm³/mol. The molecule has 1 aromatic heterocycles. The van der Waals surface area contributed by atoms with E-state index in [0.29, 0.717) is 12.8 Å². The van der Waals surface area contributed by atoms with E-state index in [1.807, 2.05) is 0 Å². The quantitative estimate of drug-likeness (QED) is 0.701. The van der Waals surface area contributed by atoms with E-state index in [1.165, 1.54) is 0 Å². The number of anilines is 1. The van der Waals surface area contributed by atoms with Crippen LogP contribution < -0.4 is 11.4 Å². The van der Waals surface area contributed by atoms with Crippen LogP contribution in [-0.4, -0.2) is 38.4 Å². The molecule has 2 atom stereocenters. The average Bonchev–Trinajstić information content (AvgIpc) is 3.02. The van der Waals surface area contributed by atoms with Gasteiger partial charge in [-0.05, 0) is 12.8 Å². The molecule has 0 bridgehead atoms. The van der Waals surface area contributed by atoms with Gasteiger partial charge in [-0.3, -0.25) is 9.36 Å². The van der Waals surface area contributed by atoms with E-state index in [4.69, 9.17) is 20.7 Å². The van der Waals surface area contributed by atoms with Gasteiger partial charge in [-0.25, -0.2) is 9.18 Å². The number of nitrogen functional groups attached to an aromatic ring is 1. The Morgan fingerprint density at radius 2 is 2.08 bits per heavy atom. The second kappa shape index (κ2) is 10.5. The van der Waals surface area contributed by atoms with Crippen molar-refractivity contribution < 1.29 is 24.1 Å². The molecular formula is C15H24FN3O5. The topological polar surface area (TPSA) is 128 Å². The molecule has 0 amide bonds. The van der Waals surface area contributed by atoms with Gasteiger partial charge < -0.3 is 20.7 Å². The summed E-state index contributed by atoms with van der Waals surface area (Å²) in [4.78, 5) is 24.5. The lowest BCUT2D eigenvalue weighted by Crippen LogP contribution is -2.28. The monoisotopic (exact) mass is 345 g/mol. The SMILES string of the molecule is C=C.CC(C)C(=O)O.Nc1nc(=O)n(C2CCC(CO)O2)cc1F. The zero-order valence-corrected chi connectivity index (χ0v) is 13.8. The number of hydrogen-bond acceptors (Lipinski definition) is 6. The largest absolute Gasteiger partial charge is 0.481 e. The molecule has 0 radical (unpaired) electrons. The first-order valence-corrected chi connectivity index (χ1v) is 7.29. The first kappa shape index (κ1) is 21.7. The van der Waals surface area contributed by atoms with Crippen molar-refractivity contribution in [1.82, 2.24) is 9.55 Å². The first-order chi connectivity index (χ1) is 11.3. The maximum absolute atomic E-state index is 13.1. The highest BCUT2D eigenvalue weighted by atomic mass is 19.1. The molecule has 4 N–H and O–H groups in total. The number of nitrogens with two attached hydrogens (primary N) is 1. The lowest BCUT2D eigenvalue weighted by Gasteiger charge is -2.14. The van der Waals surface area contributed by atoms with Crippen LogP contribution in [0.5, 0.6) is 0 Å². The summed E-state index contributed by atoms with van der Waals surface area (Å²) in [6.45, 7) is 9.17. The molecule has 0 saturated carbocycles. The number of nitrogens with zero attached hydrogens (tertiary/aromatic N) is 2. The highest BCUT2D eigenvalue weighted by Crippen LogP contribution is 2.26. The van der Waals surface area contributed by atoms with Gasteiger partial charge in [0.15, 0.2) is 11.6 Å². The van der Waals surface area contributed by atoms with Gasteiger partial charge >= 0.3 is 11.7 Å². The first-order valence-electron chi connectivity index (χ1n) is 7.29. The Labute approximate surface area is 139 Å². The molecule has 1 aliphatic rings. The fourth-order valence-corrected chi connectivity index (χ4v) is 1.69. The van der Waals surface area contributed by atoms with Crippen molar-refractivity contribution in [3.8, 4) is 0 Å². The molecule has 2 unspecified atom stereocenters. The molecule has 1 aliphatic heterocycles. The van der Waals surface area contributed by atoms with Gasteiger partial charge in [-0.1, -0.05) is 13.8 Å². The lowest BCUT2D eigenvalue weighted by molar-refractivity contribution is -0.140. The number of aliphatic hydroxyl groups excluding tert-OH is 1. The van der Waals surface area contributed by atoms with Crippen molar-refractivity contribution in [3.63, 3.8) is 0 Å². The van der Waals surface area contributed by atoms with Crippen LogP contribution in [0, 0.1) is 11.7 Å².